The van der Waals surface area contributed by atoms with Crippen molar-refractivity contribution in [3.05, 3.63) is 151 Å². The molecule has 0 unspecified atom stereocenters. The highest BCUT2D eigenvalue weighted by molar-refractivity contribution is 7.26. The van der Waals surface area contributed by atoms with E-state index >= 15 is 0 Å². The van der Waals surface area contributed by atoms with Gasteiger partial charge in [-0.1, -0.05) is 127 Å². The number of furan rings is 1. The predicted octanol–water partition coefficient (Wildman–Crippen LogP) is 12.0. The fraction of sp³-hybridized carbons (Fsp3) is 0. The minimum Gasteiger partial charge on any atom is -0.456 e. The van der Waals surface area contributed by atoms with Crippen molar-refractivity contribution < 1.29 is 14.0 Å². The fourth-order valence-corrected chi connectivity index (χ4v) is 7.59. The van der Waals surface area contributed by atoms with Crippen molar-refractivity contribution in [2.75, 3.05) is 0 Å². The third kappa shape index (κ3) is 4.25. The van der Waals surface area contributed by atoms with Gasteiger partial charge in [-0.05, 0) is 46.2 Å². The second kappa shape index (κ2) is 10.7. The molecule has 0 spiro atoms. The molecule has 0 aliphatic carbocycles. The molecule has 3 aromatic heterocycles. The van der Waals surface area contributed by atoms with E-state index in [1.54, 1.807) is 6.07 Å². The predicted molar refractivity (Wildman–Crippen MR) is 199 cm³/mol. The first-order valence-corrected chi connectivity index (χ1v) is 16.2. The van der Waals surface area contributed by atoms with Gasteiger partial charge in [0.2, 0.25) is 0 Å². The van der Waals surface area contributed by atoms with Crippen LogP contribution in [-0.4, -0.2) is 15.0 Å². The number of rotatable bonds is 4. The zero-order valence-corrected chi connectivity index (χ0v) is 25.9. The molecule has 0 aliphatic heterocycles. The van der Waals surface area contributed by atoms with Crippen LogP contribution in [0.1, 0.15) is 9.60 Å². The average molecular weight is 639 g/mol. The maximum atomic E-state index is 9.23. The summed E-state index contributed by atoms with van der Waals surface area (Å²) in [5.41, 5.74) is 5.09. The van der Waals surface area contributed by atoms with E-state index in [-0.39, 0.29) is 59.1 Å². The Morgan fingerprint density at radius 3 is 2.15 bits per heavy atom. The van der Waals surface area contributed by atoms with Crippen molar-refractivity contribution in [3.63, 3.8) is 0 Å². The van der Waals surface area contributed by atoms with Crippen LogP contribution >= 0.6 is 11.3 Å². The van der Waals surface area contributed by atoms with E-state index in [4.69, 9.17) is 26.2 Å². The van der Waals surface area contributed by atoms with E-state index < -0.39 is 0 Å². The molecule has 4 nitrogen and oxygen atoms in total. The molecule has 0 bridgehead atoms. The maximum Gasteiger partial charge on any atom is 0.164 e. The number of benzene rings is 7. The van der Waals surface area contributed by atoms with Crippen LogP contribution in [0, 0.1) is 0 Å². The minimum absolute atomic E-state index is 0.0760. The summed E-state index contributed by atoms with van der Waals surface area (Å²) in [6.07, 6.45) is 0. The molecule has 0 saturated heterocycles. The number of thiophene rings is 1. The van der Waals surface area contributed by atoms with Crippen LogP contribution in [0.2, 0.25) is 0 Å². The Labute approximate surface area is 289 Å². The Balaban J connectivity index is 1.25. The number of nitrogens with zero attached hydrogens (tertiary/aromatic N) is 3. The summed E-state index contributed by atoms with van der Waals surface area (Å²) in [7, 11) is 0. The largest absolute Gasteiger partial charge is 0.456 e. The molecule has 7 aromatic carbocycles. The number of hydrogen-bond acceptors (Lipinski definition) is 5. The van der Waals surface area contributed by atoms with Crippen molar-refractivity contribution >= 4 is 64.2 Å². The van der Waals surface area contributed by atoms with Gasteiger partial charge in [0.15, 0.2) is 17.5 Å². The Bertz CT molecular complexity index is 3240. The van der Waals surface area contributed by atoms with Gasteiger partial charge >= 0.3 is 0 Å². The van der Waals surface area contributed by atoms with Crippen LogP contribution in [0.5, 0.6) is 0 Å². The molecule has 3 heterocycles. The second-order valence-corrected chi connectivity index (χ2v) is 12.5. The minimum atomic E-state index is -0.313. The third-order valence-corrected chi connectivity index (χ3v) is 9.79. The van der Waals surface area contributed by atoms with Gasteiger partial charge in [0.05, 0.1) is 9.60 Å². The van der Waals surface area contributed by atoms with Crippen LogP contribution in [0.25, 0.3) is 98.2 Å². The van der Waals surface area contributed by atoms with Crippen LogP contribution in [0.4, 0.5) is 0 Å². The van der Waals surface area contributed by atoms with Gasteiger partial charge in [-0.3, -0.25) is 0 Å². The van der Waals surface area contributed by atoms with E-state index in [9.17, 15) is 2.74 Å². The first-order valence-electron chi connectivity index (χ1n) is 18.9. The highest BCUT2D eigenvalue weighted by atomic mass is 32.1. The van der Waals surface area contributed by atoms with E-state index in [1.165, 1.54) is 17.4 Å². The molecule has 224 valence electrons. The van der Waals surface area contributed by atoms with Crippen molar-refractivity contribution in [2.24, 2.45) is 0 Å². The number of hydrogen-bond donors (Lipinski definition) is 0. The summed E-state index contributed by atoms with van der Waals surface area (Å²) < 4.78 is 68.9. The zero-order chi connectivity index (χ0) is 37.7. The van der Waals surface area contributed by atoms with Gasteiger partial charge in [0.1, 0.15) is 11.2 Å². The molecule has 0 atom stereocenters. The fourth-order valence-electron chi connectivity index (χ4n) is 6.42. The highest BCUT2D eigenvalue weighted by Gasteiger charge is 2.19. The Morgan fingerprint density at radius 1 is 0.500 bits per heavy atom. The molecular weight excluding hydrogens is 607 g/mol. The summed E-state index contributed by atoms with van der Waals surface area (Å²) in [6.45, 7) is 0. The normalized spacial score (nSPS) is 13.8. The van der Waals surface area contributed by atoms with Gasteiger partial charge in [-0.15, -0.1) is 11.3 Å². The summed E-state index contributed by atoms with van der Waals surface area (Å²) in [5.74, 6) is 0.784. The van der Waals surface area contributed by atoms with E-state index in [2.05, 4.69) is 18.2 Å². The second-order valence-electron chi connectivity index (χ2n) is 11.4. The van der Waals surface area contributed by atoms with E-state index in [0.29, 0.717) is 53.9 Å². The zero-order valence-electron chi connectivity index (χ0n) is 32.1. The van der Waals surface area contributed by atoms with Crippen LogP contribution in [0.3, 0.4) is 0 Å². The standard InChI is InChI=1S/C43H25N3OS/c1-3-11-26(12-4-1)30-17-9-19-35-38(30)32-23-22-29(25-36(32)47-35)42-44-41(28-14-5-2-6-15-28)45-43(46-42)34-18-10-20-37-39(34)33-24-21-27-13-7-8-16-31(27)40(33)48-37/h1-25H/i7D,8D,10D,13D,18D,21D,24D. The monoisotopic (exact) mass is 638 g/mol. The van der Waals surface area contributed by atoms with Gasteiger partial charge in [0, 0.05) is 47.6 Å². The van der Waals surface area contributed by atoms with Crippen molar-refractivity contribution in [1.82, 2.24) is 15.0 Å². The van der Waals surface area contributed by atoms with Gasteiger partial charge in [0.25, 0.3) is 0 Å². The first-order chi connectivity index (χ1) is 26.7. The summed E-state index contributed by atoms with van der Waals surface area (Å²) in [6, 6.07) is 33.0. The van der Waals surface area contributed by atoms with E-state index in [0.717, 1.165) is 27.5 Å². The van der Waals surface area contributed by atoms with E-state index in [1.807, 2.05) is 78.9 Å². The topological polar surface area (TPSA) is 51.8 Å². The molecule has 10 aromatic rings. The lowest BCUT2D eigenvalue weighted by molar-refractivity contribution is 0.669. The van der Waals surface area contributed by atoms with Crippen LogP contribution < -0.4 is 0 Å². The highest BCUT2D eigenvalue weighted by Crippen LogP contribution is 2.43. The summed E-state index contributed by atoms with van der Waals surface area (Å²) >= 11 is 1.25. The first kappa shape index (κ1) is 20.9. The van der Waals surface area contributed by atoms with Crippen LogP contribution in [0.15, 0.2) is 156 Å². The molecule has 0 aliphatic rings. The summed E-state index contributed by atoms with van der Waals surface area (Å²) in [5, 5.41) is 3.24. The quantitative estimate of drug-likeness (QED) is 0.192. The van der Waals surface area contributed by atoms with Crippen molar-refractivity contribution in [3.8, 4) is 45.3 Å². The Kier molecular flexibility index (Phi) is 4.65. The molecule has 48 heavy (non-hydrogen) atoms. The Morgan fingerprint density at radius 2 is 1.29 bits per heavy atom. The molecule has 0 N–H and O–H groups in total. The molecule has 0 saturated carbocycles. The smallest absolute Gasteiger partial charge is 0.164 e. The SMILES string of the molecule is [2H]c1cc2c(c([2H])c1[2H])c([2H])c([2H])c1c2sc2cc([2H])c([2H])c(-c3nc(-c4ccccc4)nc(-c4ccc5c(c4)oc4cccc(-c6ccccc6)c45)n3)c21. The van der Waals surface area contributed by atoms with Crippen molar-refractivity contribution in [2.45, 2.75) is 0 Å². The Hall–Kier alpha value is -6.17. The van der Waals surface area contributed by atoms with Gasteiger partial charge < -0.3 is 4.42 Å². The van der Waals surface area contributed by atoms with Crippen molar-refractivity contribution in [1.29, 1.82) is 0 Å². The molecule has 10 rings (SSSR count). The lowest BCUT2D eigenvalue weighted by atomic mass is 9.99. The third-order valence-electron chi connectivity index (χ3n) is 8.62. The molecular formula is C43H25N3OS. The lowest BCUT2D eigenvalue weighted by Crippen LogP contribution is -2.00. The molecule has 0 fully saturated rings. The molecule has 0 radical (unpaired) electrons. The number of aromatic nitrogens is 3. The summed E-state index contributed by atoms with van der Waals surface area (Å²) in [4.78, 5) is 14.8. The molecule has 0 amide bonds. The lowest BCUT2D eigenvalue weighted by Gasteiger charge is -2.10. The molecule has 5 heteroatoms. The maximum absolute atomic E-state index is 9.23. The average Bonchev–Trinajstić information content (AvgIpc) is 3.78. The van der Waals surface area contributed by atoms with Gasteiger partial charge in [-0.2, -0.15) is 0 Å². The van der Waals surface area contributed by atoms with Crippen LogP contribution in [-0.2, 0) is 0 Å². The number of fused-ring (bicyclic) bond motifs is 8. The van der Waals surface area contributed by atoms with Gasteiger partial charge in [-0.25, -0.2) is 15.0 Å².